The fourth-order valence-electron chi connectivity index (χ4n) is 3.67. The fraction of sp³-hybridized carbons (Fsp3) is 0.261. The molecular formula is C23H23N7O3. The van der Waals surface area contributed by atoms with Crippen LogP contribution >= 0.6 is 0 Å². The lowest BCUT2D eigenvalue weighted by molar-refractivity contribution is 0.133. The summed E-state index contributed by atoms with van der Waals surface area (Å²) in [5.74, 6) is 1.57. The molecule has 2 aromatic carbocycles. The fourth-order valence-corrected chi connectivity index (χ4v) is 3.67. The van der Waals surface area contributed by atoms with Crippen molar-refractivity contribution in [1.82, 2.24) is 30.1 Å². The largest absolute Gasteiger partial charge is 0.423 e. The van der Waals surface area contributed by atoms with E-state index in [-0.39, 0.29) is 6.03 Å². The van der Waals surface area contributed by atoms with Gasteiger partial charge in [0.25, 0.3) is 0 Å². The summed E-state index contributed by atoms with van der Waals surface area (Å²) in [7, 11) is 0. The number of nitrogens with zero attached hydrogens (tertiary/aromatic N) is 6. The minimum atomic E-state index is -0.142. The predicted molar refractivity (Wildman–Crippen MR) is 120 cm³/mol. The van der Waals surface area contributed by atoms with E-state index in [1.807, 2.05) is 55.5 Å². The van der Waals surface area contributed by atoms with Gasteiger partial charge in [-0.25, -0.2) is 4.79 Å². The van der Waals surface area contributed by atoms with E-state index in [2.05, 4.69) is 30.6 Å². The molecule has 0 bridgehead atoms. The van der Waals surface area contributed by atoms with Gasteiger partial charge in [0.1, 0.15) is 0 Å². The van der Waals surface area contributed by atoms with Crippen LogP contribution < -0.4 is 5.32 Å². The van der Waals surface area contributed by atoms with Gasteiger partial charge in [-0.1, -0.05) is 41.1 Å². The second kappa shape index (κ2) is 9.21. The third-order valence-electron chi connectivity index (χ3n) is 5.52. The number of anilines is 1. The van der Waals surface area contributed by atoms with Gasteiger partial charge in [0, 0.05) is 43.0 Å². The summed E-state index contributed by atoms with van der Waals surface area (Å²) >= 11 is 0. The molecular weight excluding hydrogens is 422 g/mol. The average Bonchev–Trinajstić information content (AvgIpc) is 3.53. The lowest BCUT2D eigenvalue weighted by Crippen LogP contribution is -2.49. The summed E-state index contributed by atoms with van der Waals surface area (Å²) in [5, 5.41) is 14.6. The molecule has 2 aromatic heterocycles. The van der Waals surface area contributed by atoms with E-state index >= 15 is 0 Å². The minimum absolute atomic E-state index is 0.142. The molecule has 1 fully saturated rings. The molecule has 33 heavy (non-hydrogen) atoms. The van der Waals surface area contributed by atoms with Crippen molar-refractivity contribution < 1.29 is 13.7 Å². The molecule has 0 radical (unpaired) electrons. The molecule has 1 saturated heterocycles. The Morgan fingerprint density at radius 1 is 1.06 bits per heavy atom. The van der Waals surface area contributed by atoms with Gasteiger partial charge in [-0.3, -0.25) is 4.90 Å². The molecule has 1 aliphatic heterocycles. The minimum Gasteiger partial charge on any atom is -0.423 e. The number of amides is 2. The molecule has 1 aliphatic rings. The number of carbonyl (C=O) groups excluding carboxylic acids is 1. The highest BCUT2D eigenvalue weighted by Crippen LogP contribution is 2.21. The van der Waals surface area contributed by atoms with Crippen molar-refractivity contribution in [3.8, 4) is 22.8 Å². The van der Waals surface area contributed by atoms with Gasteiger partial charge in [0.05, 0.1) is 6.54 Å². The van der Waals surface area contributed by atoms with Crippen LogP contribution in [-0.2, 0) is 6.54 Å². The molecule has 3 heterocycles. The monoisotopic (exact) mass is 445 g/mol. The molecule has 0 atom stereocenters. The molecule has 1 N–H and O–H groups in total. The van der Waals surface area contributed by atoms with Crippen LogP contribution in [0.3, 0.4) is 0 Å². The van der Waals surface area contributed by atoms with Crippen LogP contribution in [0.2, 0.25) is 0 Å². The second-order valence-electron chi connectivity index (χ2n) is 7.90. The summed E-state index contributed by atoms with van der Waals surface area (Å²) in [4.78, 5) is 21.2. The Kier molecular flexibility index (Phi) is 5.81. The van der Waals surface area contributed by atoms with Gasteiger partial charge in [0.15, 0.2) is 0 Å². The molecule has 0 spiro atoms. The van der Waals surface area contributed by atoms with E-state index in [9.17, 15) is 4.79 Å². The van der Waals surface area contributed by atoms with Crippen LogP contribution in [0.15, 0.2) is 63.9 Å². The SMILES string of the molecule is Cc1ccc(-c2noc(CN3CCN(C(=O)Nc4cccc(-c5nnco5)c4)CC3)n2)cc1. The number of carbonyl (C=O) groups is 1. The first-order chi connectivity index (χ1) is 16.1. The third-order valence-corrected chi connectivity index (χ3v) is 5.52. The molecule has 0 unspecified atom stereocenters. The Balaban J connectivity index is 1.13. The highest BCUT2D eigenvalue weighted by Gasteiger charge is 2.23. The quantitative estimate of drug-likeness (QED) is 0.497. The Bertz CT molecular complexity index is 1210. The molecule has 168 valence electrons. The Morgan fingerprint density at radius 3 is 2.64 bits per heavy atom. The molecule has 0 aliphatic carbocycles. The molecule has 10 heteroatoms. The van der Waals surface area contributed by atoms with E-state index < -0.39 is 0 Å². The van der Waals surface area contributed by atoms with Gasteiger partial charge >= 0.3 is 6.03 Å². The smallest absolute Gasteiger partial charge is 0.321 e. The molecule has 2 amide bonds. The summed E-state index contributed by atoms with van der Waals surface area (Å²) in [6.07, 6.45) is 1.28. The number of rotatable bonds is 5. The number of benzene rings is 2. The number of urea groups is 1. The second-order valence-corrected chi connectivity index (χ2v) is 7.90. The number of hydrogen-bond donors (Lipinski definition) is 1. The third kappa shape index (κ3) is 4.90. The highest BCUT2D eigenvalue weighted by atomic mass is 16.5. The van der Waals surface area contributed by atoms with Crippen molar-refractivity contribution in [2.75, 3.05) is 31.5 Å². The molecule has 5 rings (SSSR count). The van der Waals surface area contributed by atoms with Crippen LogP contribution in [-0.4, -0.2) is 62.3 Å². The number of aromatic nitrogens is 4. The summed E-state index contributed by atoms with van der Waals surface area (Å²) in [6, 6.07) is 15.2. The Labute approximate surface area is 190 Å². The van der Waals surface area contributed by atoms with Gasteiger partial charge in [-0.15, -0.1) is 10.2 Å². The van der Waals surface area contributed by atoms with Crippen molar-refractivity contribution >= 4 is 11.7 Å². The summed E-state index contributed by atoms with van der Waals surface area (Å²) < 4.78 is 10.7. The first-order valence-electron chi connectivity index (χ1n) is 10.7. The normalized spacial score (nSPS) is 14.4. The van der Waals surface area contributed by atoms with Crippen molar-refractivity contribution in [2.24, 2.45) is 0 Å². The van der Waals surface area contributed by atoms with E-state index in [1.165, 1.54) is 12.0 Å². The first-order valence-corrected chi connectivity index (χ1v) is 10.7. The lowest BCUT2D eigenvalue weighted by atomic mass is 10.1. The van der Waals surface area contributed by atoms with Crippen LogP contribution in [0.1, 0.15) is 11.5 Å². The van der Waals surface area contributed by atoms with Crippen molar-refractivity contribution in [2.45, 2.75) is 13.5 Å². The molecule has 4 aromatic rings. The zero-order chi connectivity index (χ0) is 22.6. The zero-order valence-corrected chi connectivity index (χ0v) is 18.1. The highest BCUT2D eigenvalue weighted by molar-refractivity contribution is 5.90. The van der Waals surface area contributed by atoms with Gasteiger partial charge in [0.2, 0.25) is 24.0 Å². The van der Waals surface area contributed by atoms with Crippen LogP contribution in [0.5, 0.6) is 0 Å². The number of hydrogen-bond acceptors (Lipinski definition) is 8. The van der Waals surface area contributed by atoms with E-state index in [4.69, 9.17) is 8.94 Å². The number of aryl methyl sites for hydroxylation is 1. The average molecular weight is 445 g/mol. The number of piperazine rings is 1. The van der Waals surface area contributed by atoms with E-state index in [1.54, 1.807) is 4.90 Å². The van der Waals surface area contributed by atoms with Crippen LogP contribution in [0.25, 0.3) is 22.8 Å². The molecule has 10 nitrogen and oxygen atoms in total. The Morgan fingerprint density at radius 2 is 1.88 bits per heavy atom. The maximum absolute atomic E-state index is 12.7. The topological polar surface area (TPSA) is 113 Å². The van der Waals surface area contributed by atoms with Gasteiger partial charge in [-0.05, 0) is 25.1 Å². The van der Waals surface area contributed by atoms with Crippen molar-refractivity contribution in [1.29, 1.82) is 0 Å². The van der Waals surface area contributed by atoms with Crippen molar-refractivity contribution in [3.05, 3.63) is 66.4 Å². The van der Waals surface area contributed by atoms with Crippen LogP contribution in [0, 0.1) is 6.92 Å². The first kappa shape index (κ1) is 20.8. The summed E-state index contributed by atoms with van der Waals surface area (Å²) in [6.45, 7) is 5.25. The molecule has 0 saturated carbocycles. The predicted octanol–water partition coefficient (Wildman–Crippen LogP) is 3.44. The Hall–Kier alpha value is -4.05. The van der Waals surface area contributed by atoms with Gasteiger partial charge < -0.3 is 19.2 Å². The zero-order valence-electron chi connectivity index (χ0n) is 18.1. The van der Waals surface area contributed by atoms with E-state index in [0.717, 1.165) is 24.2 Å². The summed E-state index contributed by atoms with van der Waals surface area (Å²) in [5.41, 5.74) is 3.54. The van der Waals surface area contributed by atoms with Crippen molar-refractivity contribution in [3.63, 3.8) is 0 Å². The maximum Gasteiger partial charge on any atom is 0.321 e. The lowest BCUT2D eigenvalue weighted by Gasteiger charge is -2.33. The van der Waals surface area contributed by atoms with E-state index in [0.29, 0.717) is 42.9 Å². The van der Waals surface area contributed by atoms with Gasteiger partial charge in [-0.2, -0.15) is 4.98 Å². The standard InChI is InChI=1S/C23H23N7O3/c1-16-5-7-17(8-6-16)21-26-20(33-28-21)14-29-9-11-30(12-10-29)23(31)25-19-4-2-3-18(13-19)22-27-24-15-32-22/h2-8,13,15H,9-12,14H2,1H3,(H,25,31). The maximum atomic E-state index is 12.7. The number of nitrogens with one attached hydrogen (secondary N) is 1. The van der Waals surface area contributed by atoms with Crippen LogP contribution in [0.4, 0.5) is 10.5 Å².